The number of likely N-dealkylation sites (tertiary alicyclic amines) is 1. The van der Waals surface area contributed by atoms with Gasteiger partial charge in [0.1, 0.15) is 17.5 Å². The van der Waals surface area contributed by atoms with Crippen LogP contribution in [0, 0.1) is 0 Å². The molecular weight excluding hydrogens is 524 g/mol. The van der Waals surface area contributed by atoms with Gasteiger partial charge in [0.15, 0.2) is 16.9 Å². The molecule has 0 aliphatic carbocycles. The number of rotatable bonds is 5. The van der Waals surface area contributed by atoms with Crippen LogP contribution in [-0.4, -0.2) is 60.5 Å². The fourth-order valence-corrected chi connectivity index (χ4v) is 5.50. The lowest BCUT2D eigenvalue weighted by atomic mass is 9.89. The molecular formula is C30H28N6O5. The molecule has 1 aliphatic heterocycles. The molecule has 1 fully saturated rings. The van der Waals surface area contributed by atoms with Crippen LogP contribution in [0.4, 0.5) is 5.82 Å². The third-order valence-electron chi connectivity index (χ3n) is 7.64. The Balaban J connectivity index is 1.36. The Kier molecular flexibility index (Phi) is 6.58. The normalized spacial score (nSPS) is 15.0. The number of aliphatic hydroxyl groups excluding tert-OH is 1. The zero-order valence-corrected chi connectivity index (χ0v) is 22.6. The molecule has 6 rings (SSSR count). The SMILES string of the molecule is CC(=O)c1c(C2CCN(C(=O)[C@@H](C)O)CC2)nc2c(-c3ccc(-c4ccc5occc(=O)c5c4)nc3)cnn2c1N. The van der Waals surface area contributed by atoms with E-state index in [1.807, 2.05) is 18.2 Å². The zero-order valence-electron chi connectivity index (χ0n) is 22.6. The minimum Gasteiger partial charge on any atom is -0.464 e. The first-order chi connectivity index (χ1) is 19.7. The van der Waals surface area contributed by atoms with Gasteiger partial charge in [0, 0.05) is 48.0 Å². The lowest BCUT2D eigenvalue weighted by Gasteiger charge is -2.33. The number of aliphatic hydroxyl groups is 1. The Bertz CT molecular complexity index is 1870. The first-order valence-corrected chi connectivity index (χ1v) is 13.4. The number of nitrogen functional groups attached to an aromatic ring is 1. The van der Waals surface area contributed by atoms with E-state index < -0.39 is 6.10 Å². The summed E-state index contributed by atoms with van der Waals surface area (Å²) < 4.78 is 6.88. The van der Waals surface area contributed by atoms with E-state index in [1.54, 1.807) is 29.4 Å². The molecule has 0 spiro atoms. The van der Waals surface area contributed by atoms with Crippen molar-refractivity contribution in [2.45, 2.75) is 38.7 Å². The van der Waals surface area contributed by atoms with Crippen molar-refractivity contribution >= 4 is 34.1 Å². The number of nitrogens with two attached hydrogens (primary N) is 1. The summed E-state index contributed by atoms with van der Waals surface area (Å²) >= 11 is 0. The lowest BCUT2D eigenvalue weighted by molar-refractivity contribution is -0.140. The molecule has 0 bridgehead atoms. The Morgan fingerprint density at radius 3 is 2.54 bits per heavy atom. The van der Waals surface area contributed by atoms with Gasteiger partial charge < -0.3 is 20.2 Å². The van der Waals surface area contributed by atoms with Crippen LogP contribution in [0.5, 0.6) is 0 Å². The summed E-state index contributed by atoms with van der Waals surface area (Å²) in [4.78, 5) is 48.4. The van der Waals surface area contributed by atoms with Gasteiger partial charge in [-0.15, -0.1) is 0 Å². The average Bonchev–Trinajstić information content (AvgIpc) is 3.41. The summed E-state index contributed by atoms with van der Waals surface area (Å²) in [6.07, 6.45) is 4.85. The van der Waals surface area contributed by atoms with Crippen molar-refractivity contribution in [1.82, 2.24) is 24.5 Å². The molecule has 5 heterocycles. The standard InChI is InChI=1S/C30H28N6O5/c1-16(37)26-27(18-7-10-35(11-8-18)30(40)17(2)38)34-29-22(15-33-36(29)28(26)31)20-3-5-23(32-14-20)19-4-6-25-21(13-19)24(39)9-12-41-25/h3-6,9,12-15,17-18,38H,7-8,10-11,31H2,1-2H3/t17-/m1/s1. The maximum atomic E-state index is 12.7. The maximum Gasteiger partial charge on any atom is 0.251 e. The number of amides is 1. The van der Waals surface area contributed by atoms with Crippen molar-refractivity contribution in [3.63, 3.8) is 0 Å². The number of hydrogen-bond acceptors (Lipinski definition) is 9. The van der Waals surface area contributed by atoms with Crippen molar-refractivity contribution in [2.24, 2.45) is 0 Å². The number of Topliss-reactive ketones (excluding diaryl/α,β-unsaturated/α-hetero) is 1. The molecule has 1 aromatic carbocycles. The van der Waals surface area contributed by atoms with Crippen LogP contribution in [-0.2, 0) is 4.79 Å². The average molecular weight is 553 g/mol. The first-order valence-electron chi connectivity index (χ1n) is 13.4. The van der Waals surface area contributed by atoms with Gasteiger partial charge in [0.2, 0.25) is 0 Å². The third kappa shape index (κ3) is 4.63. The fourth-order valence-electron chi connectivity index (χ4n) is 5.50. The number of anilines is 1. The summed E-state index contributed by atoms with van der Waals surface area (Å²) in [6, 6.07) is 10.5. The number of hydrogen-bond donors (Lipinski definition) is 2. The number of pyridine rings is 1. The number of fused-ring (bicyclic) bond motifs is 2. The van der Waals surface area contributed by atoms with Gasteiger partial charge in [-0.2, -0.15) is 9.61 Å². The topological polar surface area (TPSA) is 157 Å². The Hall–Kier alpha value is -4.90. The smallest absolute Gasteiger partial charge is 0.251 e. The van der Waals surface area contributed by atoms with Crippen LogP contribution < -0.4 is 11.2 Å². The highest BCUT2D eigenvalue weighted by Crippen LogP contribution is 2.35. The fraction of sp³-hybridized carbons (Fsp3) is 0.267. The summed E-state index contributed by atoms with van der Waals surface area (Å²) in [5.74, 6) is -0.389. The van der Waals surface area contributed by atoms with Crippen molar-refractivity contribution in [2.75, 3.05) is 18.8 Å². The molecule has 41 heavy (non-hydrogen) atoms. The highest BCUT2D eigenvalue weighted by molar-refractivity contribution is 6.00. The van der Waals surface area contributed by atoms with Crippen molar-refractivity contribution in [1.29, 1.82) is 0 Å². The molecule has 1 amide bonds. The minimum atomic E-state index is -1.06. The highest BCUT2D eigenvalue weighted by Gasteiger charge is 2.31. The number of benzene rings is 1. The van der Waals surface area contributed by atoms with Crippen LogP contribution in [0.2, 0.25) is 0 Å². The molecule has 0 saturated carbocycles. The van der Waals surface area contributed by atoms with E-state index in [-0.39, 0.29) is 28.9 Å². The van der Waals surface area contributed by atoms with Crippen molar-refractivity contribution in [3.8, 4) is 22.4 Å². The van der Waals surface area contributed by atoms with Gasteiger partial charge in [0.25, 0.3) is 5.91 Å². The summed E-state index contributed by atoms with van der Waals surface area (Å²) in [6.45, 7) is 3.82. The number of carbonyl (C=O) groups is 2. The van der Waals surface area contributed by atoms with Crippen LogP contribution in [0.1, 0.15) is 48.7 Å². The molecule has 0 radical (unpaired) electrons. The van der Waals surface area contributed by atoms with E-state index in [0.29, 0.717) is 65.1 Å². The maximum absolute atomic E-state index is 12.7. The quantitative estimate of drug-likeness (QED) is 0.312. The van der Waals surface area contributed by atoms with Gasteiger partial charge >= 0.3 is 0 Å². The van der Waals surface area contributed by atoms with Gasteiger partial charge in [-0.25, -0.2) is 4.98 Å². The second kappa shape index (κ2) is 10.3. The molecule has 1 atom stereocenters. The van der Waals surface area contributed by atoms with E-state index in [1.165, 1.54) is 30.7 Å². The number of nitrogens with zero attached hydrogens (tertiary/aromatic N) is 5. The molecule has 1 saturated heterocycles. The first kappa shape index (κ1) is 26.3. The van der Waals surface area contributed by atoms with Gasteiger partial charge in [-0.3, -0.25) is 19.4 Å². The van der Waals surface area contributed by atoms with Crippen LogP contribution in [0.15, 0.2) is 64.3 Å². The predicted octanol–water partition coefficient (Wildman–Crippen LogP) is 3.44. The minimum absolute atomic E-state index is 0.0898. The number of aromatic nitrogens is 4. The molecule has 11 heteroatoms. The van der Waals surface area contributed by atoms with E-state index in [0.717, 1.165) is 11.1 Å². The number of ketones is 1. The summed E-state index contributed by atoms with van der Waals surface area (Å²) in [5, 5.41) is 14.6. The van der Waals surface area contributed by atoms with E-state index >= 15 is 0 Å². The zero-order chi connectivity index (χ0) is 28.8. The molecule has 0 unspecified atom stereocenters. The number of carbonyl (C=O) groups excluding carboxylic acids is 2. The van der Waals surface area contributed by atoms with Crippen molar-refractivity contribution < 1.29 is 19.1 Å². The second-order valence-electron chi connectivity index (χ2n) is 10.3. The summed E-state index contributed by atoms with van der Waals surface area (Å²) in [7, 11) is 0. The highest BCUT2D eigenvalue weighted by atomic mass is 16.3. The second-order valence-corrected chi connectivity index (χ2v) is 10.3. The Morgan fingerprint density at radius 1 is 1.10 bits per heavy atom. The van der Waals surface area contributed by atoms with E-state index in [4.69, 9.17) is 15.1 Å². The molecule has 11 nitrogen and oxygen atoms in total. The number of piperidine rings is 1. The van der Waals surface area contributed by atoms with Gasteiger partial charge in [-0.05, 0) is 51.0 Å². The van der Waals surface area contributed by atoms with E-state index in [9.17, 15) is 19.5 Å². The van der Waals surface area contributed by atoms with E-state index in [2.05, 4.69) is 10.1 Å². The Morgan fingerprint density at radius 2 is 1.85 bits per heavy atom. The third-order valence-corrected chi connectivity index (χ3v) is 7.64. The van der Waals surface area contributed by atoms with Gasteiger partial charge in [-0.1, -0.05) is 6.07 Å². The van der Waals surface area contributed by atoms with Crippen molar-refractivity contribution in [3.05, 3.63) is 76.5 Å². The summed E-state index contributed by atoms with van der Waals surface area (Å²) in [5.41, 5.74) is 11.2. The van der Waals surface area contributed by atoms with Gasteiger partial charge in [0.05, 0.1) is 34.8 Å². The van der Waals surface area contributed by atoms with Crippen LogP contribution in [0.25, 0.3) is 39.0 Å². The lowest BCUT2D eigenvalue weighted by Crippen LogP contribution is -2.42. The molecule has 5 aromatic rings. The molecule has 3 N–H and O–H groups in total. The van der Waals surface area contributed by atoms with Crippen LogP contribution in [0.3, 0.4) is 0 Å². The molecule has 208 valence electrons. The molecule has 4 aromatic heterocycles. The van der Waals surface area contributed by atoms with Crippen LogP contribution >= 0.6 is 0 Å². The Labute approximate surface area is 234 Å². The monoisotopic (exact) mass is 552 g/mol. The molecule has 1 aliphatic rings. The largest absolute Gasteiger partial charge is 0.464 e. The predicted molar refractivity (Wildman–Crippen MR) is 152 cm³/mol.